The van der Waals surface area contributed by atoms with Crippen LogP contribution in [-0.2, 0) is 4.74 Å². The number of hydrogen-bond donors (Lipinski definition) is 2. The second-order valence-corrected chi connectivity index (χ2v) is 7.34. The van der Waals surface area contributed by atoms with E-state index in [1.54, 1.807) is 0 Å². The molecule has 2 aliphatic rings. The van der Waals surface area contributed by atoms with E-state index < -0.39 is 0 Å². The fourth-order valence-electron chi connectivity index (χ4n) is 3.74. The monoisotopic (exact) mass is 357 g/mol. The fraction of sp³-hybridized carbons (Fsp3) is 0.600. The number of hydrogen-bond acceptors (Lipinski definition) is 6. The Bertz CT molecular complexity index is 725. The van der Waals surface area contributed by atoms with Crippen LogP contribution in [0, 0.1) is 0 Å². The van der Waals surface area contributed by atoms with Crippen LogP contribution >= 0.6 is 0 Å². The van der Waals surface area contributed by atoms with Gasteiger partial charge in [-0.05, 0) is 51.0 Å². The molecule has 1 atom stereocenters. The lowest BCUT2D eigenvalue weighted by Crippen LogP contribution is -2.28. The molecule has 1 saturated heterocycles. The molecule has 1 saturated carbocycles. The van der Waals surface area contributed by atoms with Crippen molar-refractivity contribution in [1.82, 2.24) is 9.97 Å². The Labute approximate surface area is 153 Å². The van der Waals surface area contributed by atoms with E-state index in [4.69, 9.17) is 14.5 Å². The van der Waals surface area contributed by atoms with Crippen LogP contribution < -0.4 is 10.1 Å². The summed E-state index contributed by atoms with van der Waals surface area (Å²) in [4.78, 5) is 9.15. The number of benzene rings is 1. The molecule has 0 radical (unpaired) electrons. The smallest absolute Gasteiger partial charge is 0.223 e. The number of para-hydroxylation sites is 1. The van der Waals surface area contributed by atoms with E-state index in [0.29, 0.717) is 18.6 Å². The normalized spacial score (nSPS) is 26.6. The van der Waals surface area contributed by atoms with E-state index in [1.807, 2.05) is 24.4 Å². The number of nitrogens with one attached hydrogen (secondary N) is 1. The number of fused-ring (bicyclic) bond motifs is 1. The second-order valence-electron chi connectivity index (χ2n) is 7.34. The molecule has 6 heteroatoms. The third kappa shape index (κ3) is 4.24. The minimum absolute atomic E-state index is 0.160. The Kier molecular flexibility index (Phi) is 5.51. The number of rotatable bonds is 5. The number of aliphatic hydroxyl groups is 1. The van der Waals surface area contributed by atoms with Crippen LogP contribution in [0.15, 0.2) is 24.4 Å². The molecule has 2 heterocycles. The average Bonchev–Trinajstić information content (AvgIpc) is 2.69. The number of anilines is 1. The van der Waals surface area contributed by atoms with Gasteiger partial charge in [0.05, 0.1) is 12.2 Å². The van der Waals surface area contributed by atoms with Crippen molar-refractivity contribution in [3.63, 3.8) is 0 Å². The molecule has 4 rings (SSSR count). The molecule has 0 spiro atoms. The van der Waals surface area contributed by atoms with Gasteiger partial charge in [0.25, 0.3) is 0 Å². The molecule has 2 aromatic rings. The minimum atomic E-state index is -0.160. The maximum atomic E-state index is 9.65. The molecule has 6 nitrogen and oxygen atoms in total. The highest BCUT2D eigenvalue weighted by molar-refractivity contribution is 5.84. The topological polar surface area (TPSA) is 76.5 Å². The zero-order chi connectivity index (χ0) is 17.8. The minimum Gasteiger partial charge on any atom is -0.489 e. The zero-order valence-electron chi connectivity index (χ0n) is 15.1. The summed E-state index contributed by atoms with van der Waals surface area (Å²) in [6.07, 6.45) is 8.81. The first-order valence-electron chi connectivity index (χ1n) is 9.73. The molecule has 140 valence electrons. The Morgan fingerprint density at radius 2 is 2.04 bits per heavy atom. The summed E-state index contributed by atoms with van der Waals surface area (Å²) in [5.41, 5.74) is 0.830. The molecule has 1 aromatic carbocycles. The van der Waals surface area contributed by atoms with Gasteiger partial charge in [0.2, 0.25) is 5.95 Å². The Morgan fingerprint density at radius 1 is 1.15 bits per heavy atom. The summed E-state index contributed by atoms with van der Waals surface area (Å²) in [6, 6.07) is 6.25. The third-order valence-corrected chi connectivity index (χ3v) is 5.30. The quantitative estimate of drug-likeness (QED) is 0.855. The van der Waals surface area contributed by atoms with Crippen molar-refractivity contribution in [2.24, 2.45) is 0 Å². The van der Waals surface area contributed by atoms with Crippen molar-refractivity contribution >= 4 is 16.9 Å². The average molecular weight is 357 g/mol. The van der Waals surface area contributed by atoms with Gasteiger partial charge in [-0.2, -0.15) is 0 Å². The Morgan fingerprint density at radius 3 is 2.85 bits per heavy atom. The molecular formula is C20H27N3O3. The molecule has 1 unspecified atom stereocenters. The van der Waals surface area contributed by atoms with Crippen molar-refractivity contribution in [1.29, 1.82) is 0 Å². The van der Waals surface area contributed by atoms with Gasteiger partial charge in [0.1, 0.15) is 17.9 Å². The number of ether oxygens (including phenoxy) is 2. The van der Waals surface area contributed by atoms with Gasteiger partial charge in [-0.25, -0.2) is 9.97 Å². The number of aromatic nitrogens is 2. The molecule has 2 N–H and O–H groups in total. The van der Waals surface area contributed by atoms with Crippen LogP contribution in [-0.4, -0.2) is 46.5 Å². The van der Waals surface area contributed by atoms with E-state index >= 15 is 0 Å². The van der Waals surface area contributed by atoms with Crippen LogP contribution in [0.5, 0.6) is 5.75 Å². The Hall–Kier alpha value is -1.92. The summed E-state index contributed by atoms with van der Waals surface area (Å²) in [5.74, 6) is 1.41. The number of nitrogens with zero attached hydrogens (tertiary/aromatic N) is 2. The molecular weight excluding hydrogens is 330 g/mol. The van der Waals surface area contributed by atoms with Crippen molar-refractivity contribution < 1.29 is 14.6 Å². The first-order valence-corrected chi connectivity index (χ1v) is 9.73. The van der Waals surface area contributed by atoms with E-state index in [2.05, 4.69) is 10.3 Å². The van der Waals surface area contributed by atoms with Crippen molar-refractivity contribution in [2.75, 3.05) is 18.5 Å². The van der Waals surface area contributed by atoms with Gasteiger partial charge in [-0.15, -0.1) is 0 Å². The summed E-state index contributed by atoms with van der Waals surface area (Å²) >= 11 is 0. The van der Waals surface area contributed by atoms with Crippen LogP contribution in [0.25, 0.3) is 10.9 Å². The number of aliphatic hydroxyl groups excluding tert-OH is 1. The maximum absolute atomic E-state index is 9.65. The van der Waals surface area contributed by atoms with Crippen LogP contribution in [0.3, 0.4) is 0 Å². The molecule has 1 aromatic heterocycles. The van der Waals surface area contributed by atoms with Crippen LogP contribution in [0.1, 0.15) is 44.9 Å². The summed E-state index contributed by atoms with van der Waals surface area (Å²) in [6.45, 7) is 1.39. The van der Waals surface area contributed by atoms with Crippen LogP contribution in [0.4, 0.5) is 5.95 Å². The van der Waals surface area contributed by atoms with Crippen molar-refractivity contribution in [2.45, 2.75) is 63.2 Å². The molecule has 26 heavy (non-hydrogen) atoms. The van der Waals surface area contributed by atoms with Gasteiger partial charge in [0.15, 0.2) is 0 Å². The molecule has 0 bridgehead atoms. The third-order valence-electron chi connectivity index (χ3n) is 5.30. The molecule has 0 amide bonds. The van der Waals surface area contributed by atoms with Crippen molar-refractivity contribution in [3.8, 4) is 5.75 Å². The van der Waals surface area contributed by atoms with Gasteiger partial charge < -0.3 is 19.9 Å². The van der Waals surface area contributed by atoms with Gasteiger partial charge in [-0.3, -0.25) is 0 Å². The summed E-state index contributed by atoms with van der Waals surface area (Å²) < 4.78 is 11.8. The first-order chi connectivity index (χ1) is 12.8. The Balaban J connectivity index is 1.46. The zero-order valence-corrected chi connectivity index (χ0v) is 15.1. The highest BCUT2D eigenvalue weighted by atomic mass is 16.5. The predicted octanol–water partition coefficient (Wildman–Crippen LogP) is 3.29. The highest BCUT2D eigenvalue weighted by Crippen LogP contribution is 2.26. The lowest BCUT2D eigenvalue weighted by Gasteiger charge is -2.26. The molecule has 2 fully saturated rings. The lowest BCUT2D eigenvalue weighted by molar-refractivity contribution is -0.0108. The standard InChI is InChI=1S/C20H27N3O3/c24-16-9-7-15(8-10-16)22-20-21-12-14-4-3-6-18(19(14)23-20)26-13-17-5-1-2-11-25-17/h3-4,6,12,15-17,24H,1-2,5,7-11,13H2,(H,21,22,23). The van der Waals surface area contributed by atoms with E-state index in [-0.39, 0.29) is 12.2 Å². The van der Waals surface area contributed by atoms with Gasteiger partial charge in [0, 0.05) is 24.2 Å². The van der Waals surface area contributed by atoms with Gasteiger partial charge >= 0.3 is 0 Å². The first kappa shape index (κ1) is 17.5. The highest BCUT2D eigenvalue weighted by Gasteiger charge is 2.20. The summed E-state index contributed by atoms with van der Waals surface area (Å²) in [7, 11) is 0. The molecule has 1 aliphatic carbocycles. The fourth-order valence-corrected chi connectivity index (χ4v) is 3.74. The summed E-state index contributed by atoms with van der Waals surface area (Å²) in [5, 5.41) is 14.0. The maximum Gasteiger partial charge on any atom is 0.223 e. The van der Waals surface area contributed by atoms with E-state index in [1.165, 1.54) is 6.42 Å². The van der Waals surface area contributed by atoms with E-state index in [0.717, 1.165) is 61.8 Å². The SMILES string of the molecule is OC1CCC(Nc2ncc3cccc(OCC4CCCCO4)c3n2)CC1. The van der Waals surface area contributed by atoms with Gasteiger partial charge in [-0.1, -0.05) is 12.1 Å². The lowest BCUT2D eigenvalue weighted by atomic mass is 9.93. The largest absolute Gasteiger partial charge is 0.489 e. The molecule has 1 aliphatic heterocycles. The van der Waals surface area contributed by atoms with Crippen molar-refractivity contribution in [3.05, 3.63) is 24.4 Å². The second kappa shape index (κ2) is 8.18. The van der Waals surface area contributed by atoms with E-state index in [9.17, 15) is 5.11 Å². The van der Waals surface area contributed by atoms with Crippen LogP contribution in [0.2, 0.25) is 0 Å². The predicted molar refractivity (Wildman–Crippen MR) is 101 cm³/mol.